The molecule has 3 N–H and O–H groups in total. The number of nitrogens with one attached hydrogen (secondary N) is 3. The Balaban J connectivity index is 1.46. The van der Waals surface area contributed by atoms with Crippen molar-refractivity contribution < 1.29 is 9.13 Å². The van der Waals surface area contributed by atoms with Crippen LogP contribution in [0.15, 0.2) is 64.0 Å². The van der Waals surface area contributed by atoms with Gasteiger partial charge in [0, 0.05) is 31.0 Å². The molecule has 0 aliphatic carbocycles. The highest BCUT2D eigenvalue weighted by molar-refractivity contribution is 9.10. The fourth-order valence-corrected chi connectivity index (χ4v) is 4.52. The lowest BCUT2D eigenvalue weighted by atomic mass is 10.1. The molecule has 0 bridgehead atoms. The monoisotopic (exact) mass is 538 g/mol. The third kappa shape index (κ3) is 5.13. The molecule has 0 saturated carbocycles. The highest BCUT2D eigenvalue weighted by atomic mass is 79.9. The summed E-state index contributed by atoms with van der Waals surface area (Å²) in [6.07, 6.45) is 3.57. The quantitative estimate of drug-likeness (QED) is 0.320. The first-order valence-electron chi connectivity index (χ1n) is 11.3. The van der Waals surface area contributed by atoms with Gasteiger partial charge in [0.2, 0.25) is 5.95 Å². The Bertz CT molecular complexity index is 1410. The van der Waals surface area contributed by atoms with Crippen LogP contribution in [0.4, 0.5) is 21.8 Å². The van der Waals surface area contributed by atoms with E-state index >= 15 is 0 Å². The van der Waals surface area contributed by atoms with Crippen LogP contribution in [0.1, 0.15) is 12.8 Å². The van der Waals surface area contributed by atoms with E-state index in [1.807, 2.05) is 19.2 Å². The molecule has 2 aromatic heterocycles. The van der Waals surface area contributed by atoms with Gasteiger partial charge in [0.05, 0.1) is 9.99 Å². The minimum atomic E-state index is -0.363. The van der Waals surface area contributed by atoms with E-state index in [-0.39, 0.29) is 11.4 Å². The maximum absolute atomic E-state index is 13.4. The Morgan fingerprint density at radius 2 is 1.89 bits per heavy atom. The van der Waals surface area contributed by atoms with E-state index in [9.17, 15) is 9.18 Å². The van der Waals surface area contributed by atoms with Crippen molar-refractivity contribution in [3.05, 3.63) is 75.4 Å². The van der Waals surface area contributed by atoms with Crippen molar-refractivity contribution in [2.75, 3.05) is 30.4 Å². The zero-order chi connectivity index (χ0) is 24.4. The molecule has 35 heavy (non-hydrogen) atoms. The summed E-state index contributed by atoms with van der Waals surface area (Å²) in [6, 6.07) is 13.4. The number of fused-ring (bicyclic) bond motifs is 1. The van der Waals surface area contributed by atoms with Gasteiger partial charge in [-0.2, -0.15) is 4.98 Å². The predicted molar refractivity (Wildman–Crippen MR) is 138 cm³/mol. The zero-order valence-corrected chi connectivity index (χ0v) is 20.6. The second-order valence-corrected chi connectivity index (χ2v) is 9.22. The number of rotatable bonds is 6. The SMILES string of the molecule is CN(c1nc(Nc2ccc(Oc3cccc(F)c3)cc2)c2c(=O)[nH]cc(Br)c2n1)C1CCNCC1. The molecule has 10 heteroatoms. The van der Waals surface area contributed by atoms with E-state index in [4.69, 9.17) is 14.7 Å². The molecule has 0 unspecified atom stereocenters. The van der Waals surface area contributed by atoms with Gasteiger partial charge in [-0.05, 0) is 78.3 Å². The molecule has 4 aromatic rings. The van der Waals surface area contributed by atoms with Gasteiger partial charge in [0.25, 0.3) is 5.56 Å². The van der Waals surface area contributed by atoms with Crippen LogP contribution < -0.4 is 25.8 Å². The van der Waals surface area contributed by atoms with Gasteiger partial charge in [0.15, 0.2) is 0 Å². The van der Waals surface area contributed by atoms with Crippen LogP contribution in [0.5, 0.6) is 11.5 Å². The molecule has 2 aromatic carbocycles. The summed E-state index contributed by atoms with van der Waals surface area (Å²) in [5.41, 5.74) is 0.965. The third-order valence-electron chi connectivity index (χ3n) is 6.00. The summed E-state index contributed by atoms with van der Waals surface area (Å²) in [5.74, 6) is 1.56. The summed E-state index contributed by atoms with van der Waals surface area (Å²) in [7, 11) is 1.99. The van der Waals surface area contributed by atoms with E-state index in [0.717, 1.165) is 25.9 Å². The largest absolute Gasteiger partial charge is 0.457 e. The summed E-state index contributed by atoms with van der Waals surface area (Å²) >= 11 is 3.52. The van der Waals surface area contributed by atoms with E-state index in [0.29, 0.717) is 50.4 Å². The van der Waals surface area contributed by atoms with Crippen LogP contribution in [-0.4, -0.2) is 41.1 Å². The Hall–Kier alpha value is -3.50. The van der Waals surface area contributed by atoms with Crippen molar-refractivity contribution in [2.45, 2.75) is 18.9 Å². The van der Waals surface area contributed by atoms with E-state index < -0.39 is 0 Å². The van der Waals surface area contributed by atoms with Crippen molar-refractivity contribution in [2.24, 2.45) is 0 Å². The number of piperidine rings is 1. The first-order chi connectivity index (χ1) is 17.0. The van der Waals surface area contributed by atoms with Crippen molar-refractivity contribution in [1.82, 2.24) is 20.3 Å². The number of H-pyrrole nitrogens is 1. The number of halogens is 2. The minimum absolute atomic E-state index is 0.284. The number of anilines is 3. The number of benzene rings is 2. The van der Waals surface area contributed by atoms with Crippen LogP contribution in [0.3, 0.4) is 0 Å². The second kappa shape index (κ2) is 10.0. The highest BCUT2D eigenvalue weighted by Gasteiger charge is 2.22. The zero-order valence-electron chi connectivity index (χ0n) is 19.0. The lowest BCUT2D eigenvalue weighted by Crippen LogP contribution is -2.42. The lowest BCUT2D eigenvalue weighted by molar-refractivity contribution is 0.440. The van der Waals surface area contributed by atoms with Crippen molar-refractivity contribution in [1.29, 1.82) is 0 Å². The first kappa shape index (κ1) is 23.3. The average molecular weight is 539 g/mol. The molecule has 8 nitrogen and oxygen atoms in total. The summed E-state index contributed by atoms with van der Waals surface area (Å²) in [4.78, 5) is 27.0. The minimum Gasteiger partial charge on any atom is -0.457 e. The normalized spacial score (nSPS) is 14.1. The molecule has 3 heterocycles. The molecule has 0 radical (unpaired) electrons. The number of nitrogens with zero attached hydrogens (tertiary/aromatic N) is 3. The molecular weight excluding hydrogens is 515 g/mol. The smallest absolute Gasteiger partial charge is 0.261 e. The van der Waals surface area contributed by atoms with Crippen molar-refractivity contribution >= 4 is 44.3 Å². The molecule has 5 rings (SSSR count). The van der Waals surface area contributed by atoms with E-state index in [1.165, 1.54) is 12.1 Å². The maximum atomic E-state index is 13.4. The number of hydrogen-bond acceptors (Lipinski definition) is 7. The summed E-state index contributed by atoms with van der Waals surface area (Å²) in [5, 5.41) is 7.00. The Morgan fingerprint density at radius 1 is 1.11 bits per heavy atom. The second-order valence-electron chi connectivity index (χ2n) is 8.36. The van der Waals surface area contributed by atoms with Crippen LogP contribution in [0.25, 0.3) is 10.9 Å². The molecule has 180 valence electrons. The van der Waals surface area contributed by atoms with E-state index in [2.05, 4.69) is 36.4 Å². The number of hydrogen-bond donors (Lipinski definition) is 3. The number of pyridine rings is 1. The predicted octanol–water partition coefficient (Wildman–Crippen LogP) is 4.94. The number of aromatic nitrogens is 3. The Morgan fingerprint density at radius 3 is 2.63 bits per heavy atom. The van der Waals surface area contributed by atoms with Crippen LogP contribution in [0.2, 0.25) is 0 Å². The number of ether oxygens (including phenoxy) is 1. The Labute approximate surface area is 209 Å². The van der Waals surface area contributed by atoms with Gasteiger partial charge < -0.3 is 25.3 Å². The van der Waals surface area contributed by atoms with Gasteiger partial charge >= 0.3 is 0 Å². The molecular formula is C25H24BrFN6O2. The number of aromatic amines is 1. The highest BCUT2D eigenvalue weighted by Crippen LogP contribution is 2.30. The molecule has 1 aliphatic heterocycles. The first-order valence-corrected chi connectivity index (χ1v) is 12.1. The summed E-state index contributed by atoms with van der Waals surface area (Å²) < 4.78 is 19.8. The molecule has 1 saturated heterocycles. The molecule has 0 spiro atoms. The van der Waals surface area contributed by atoms with Gasteiger partial charge in [-0.3, -0.25) is 4.79 Å². The fourth-order valence-electron chi connectivity index (χ4n) is 4.12. The lowest BCUT2D eigenvalue weighted by Gasteiger charge is -2.32. The summed E-state index contributed by atoms with van der Waals surface area (Å²) in [6.45, 7) is 1.89. The van der Waals surface area contributed by atoms with Gasteiger partial charge in [-0.25, -0.2) is 9.37 Å². The van der Waals surface area contributed by atoms with Gasteiger partial charge in [0.1, 0.15) is 28.5 Å². The molecule has 0 amide bonds. The standard InChI is InChI=1S/C25H24BrFN6O2/c1-33(17-9-11-28-12-10-17)25-31-22-20(26)14-29-24(34)21(22)23(32-25)30-16-5-7-18(8-6-16)35-19-4-2-3-15(27)13-19/h2-8,13-14,17,28H,9-12H2,1H3,(H,29,34)(H,30,31,32). The maximum Gasteiger partial charge on any atom is 0.261 e. The molecule has 1 aliphatic rings. The molecule has 0 atom stereocenters. The van der Waals surface area contributed by atoms with Crippen molar-refractivity contribution in [3.8, 4) is 11.5 Å². The van der Waals surface area contributed by atoms with Crippen molar-refractivity contribution in [3.63, 3.8) is 0 Å². The molecule has 1 fully saturated rings. The van der Waals surface area contributed by atoms with Crippen LogP contribution >= 0.6 is 15.9 Å². The Kier molecular flexibility index (Phi) is 6.65. The van der Waals surface area contributed by atoms with E-state index in [1.54, 1.807) is 30.5 Å². The topological polar surface area (TPSA) is 95.2 Å². The van der Waals surface area contributed by atoms with Crippen LogP contribution in [0, 0.1) is 5.82 Å². The van der Waals surface area contributed by atoms with Gasteiger partial charge in [-0.15, -0.1) is 0 Å². The fraction of sp³-hybridized carbons (Fsp3) is 0.240. The van der Waals surface area contributed by atoms with Gasteiger partial charge in [-0.1, -0.05) is 6.07 Å². The van der Waals surface area contributed by atoms with Crippen LogP contribution in [-0.2, 0) is 0 Å². The third-order valence-corrected chi connectivity index (χ3v) is 6.61. The average Bonchev–Trinajstić information content (AvgIpc) is 2.87.